The Morgan fingerprint density at radius 1 is 1.04 bits per heavy atom. The number of benzene rings is 2. The summed E-state index contributed by atoms with van der Waals surface area (Å²) in [5, 5.41) is 1.12. The number of hydrogen-bond donors (Lipinski definition) is 0. The first-order valence-corrected chi connectivity index (χ1v) is 9.22. The fraction of sp³-hybridized carbons (Fsp3) is 0.350. The first kappa shape index (κ1) is 18.6. The molecule has 0 aliphatic rings. The van der Waals surface area contributed by atoms with Gasteiger partial charge in [-0.1, -0.05) is 25.1 Å². The monoisotopic (exact) mass is 344 g/mol. The topological polar surface area (TPSA) is 35.5 Å². The number of Topliss-reactive ketones (excluding diaryl/α,β-unsaturated/α-hetero) is 1. The van der Waals surface area contributed by atoms with Gasteiger partial charge in [0.15, 0.2) is 6.10 Å². The Bertz CT molecular complexity index is 660. The highest BCUT2D eigenvalue weighted by molar-refractivity contribution is 7.41. The third kappa shape index (κ3) is 4.66. The number of carbonyl (C=O) groups excluding carboxylic acids is 1. The van der Waals surface area contributed by atoms with Crippen molar-refractivity contribution in [2.24, 2.45) is 0 Å². The van der Waals surface area contributed by atoms with E-state index in [0.29, 0.717) is 27.6 Å². The molecule has 2 rings (SSSR count). The number of rotatable bonds is 8. The summed E-state index contributed by atoms with van der Waals surface area (Å²) in [7, 11) is 0.344. The second-order valence-electron chi connectivity index (χ2n) is 5.71. The van der Waals surface area contributed by atoms with E-state index in [9.17, 15) is 4.79 Å². The van der Waals surface area contributed by atoms with E-state index < -0.39 is 6.10 Å². The minimum Gasteiger partial charge on any atom is -0.482 e. The molecule has 24 heavy (non-hydrogen) atoms. The summed E-state index contributed by atoms with van der Waals surface area (Å²) in [4.78, 5) is 12.9. The number of ketones is 1. The standard InChI is InChI=1S/C20H25O3P/c1-5-18(20(21)19-14(3)8-7-9-15(19)4)23-16-10-12-17(13-11-16)24-22-6-2/h7-13,18,24H,5-6H2,1-4H3. The fourth-order valence-electron chi connectivity index (χ4n) is 2.61. The Morgan fingerprint density at radius 2 is 1.67 bits per heavy atom. The maximum Gasteiger partial charge on any atom is 0.203 e. The number of carbonyl (C=O) groups is 1. The highest BCUT2D eigenvalue weighted by Gasteiger charge is 2.23. The van der Waals surface area contributed by atoms with Crippen LogP contribution in [0.2, 0.25) is 0 Å². The van der Waals surface area contributed by atoms with E-state index in [1.807, 2.05) is 70.2 Å². The average molecular weight is 344 g/mol. The number of ether oxygens (including phenoxy) is 1. The van der Waals surface area contributed by atoms with Crippen LogP contribution in [0, 0.1) is 13.8 Å². The lowest BCUT2D eigenvalue weighted by Crippen LogP contribution is -2.28. The van der Waals surface area contributed by atoms with Crippen LogP contribution in [0.4, 0.5) is 0 Å². The van der Waals surface area contributed by atoms with E-state index in [1.54, 1.807) is 0 Å². The van der Waals surface area contributed by atoms with Gasteiger partial charge in [0.1, 0.15) is 5.75 Å². The smallest absolute Gasteiger partial charge is 0.203 e. The third-order valence-corrected chi connectivity index (χ3v) is 4.86. The average Bonchev–Trinajstić information content (AvgIpc) is 2.58. The molecule has 2 aromatic carbocycles. The minimum absolute atomic E-state index is 0.0494. The van der Waals surface area contributed by atoms with Crippen LogP contribution in [0.3, 0.4) is 0 Å². The van der Waals surface area contributed by atoms with Crippen molar-refractivity contribution >= 4 is 19.9 Å². The van der Waals surface area contributed by atoms with Crippen molar-refractivity contribution in [3.63, 3.8) is 0 Å². The van der Waals surface area contributed by atoms with Crippen molar-refractivity contribution in [1.29, 1.82) is 0 Å². The minimum atomic E-state index is -0.468. The van der Waals surface area contributed by atoms with Crippen LogP contribution in [-0.2, 0) is 4.52 Å². The zero-order valence-corrected chi connectivity index (χ0v) is 15.8. The van der Waals surface area contributed by atoms with Crippen molar-refractivity contribution in [2.45, 2.75) is 40.2 Å². The van der Waals surface area contributed by atoms with E-state index in [-0.39, 0.29) is 5.78 Å². The molecule has 0 aliphatic heterocycles. The summed E-state index contributed by atoms with van der Waals surface area (Å²) < 4.78 is 11.4. The van der Waals surface area contributed by atoms with Crippen LogP contribution in [-0.4, -0.2) is 18.5 Å². The molecule has 3 nitrogen and oxygen atoms in total. The maximum absolute atomic E-state index is 12.9. The largest absolute Gasteiger partial charge is 0.482 e. The van der Waals surface area contributed by atoms with Gasteiger partial charge in [-0.15, -0.1) is 0 Å². The summed E-state index contributed by atoms with van der Waals surface area (Å²) >= 11 is 0. The van der Waals surface area contributed by atoms with Crippen LogP contribution in [0.15, 0.2) is 42.5 Å². The summed E-state index contributed by atoms with van der Waals surface area (Å²) in [6.45, 7) is 8.60. The molecule has 0 N–H and O–H groups in total. The first-order valence-electron chi connectivity index (χ1n) is 8.31. The lowest BCUT2D eigenvalue weighted by atomic mass is 9.95. The molecule has 0 spiro atoms. The molecular weight excluding hydrogens is 319 g/mol. The van der Waals surface area contributed by atoms with Crippen molar-refractivity contribution in [2.75, 3.05) is 6.61 Å². The van der Waals surface area contributed by atoms with Crippen LogP contribution < -0.4 is 10.0 Å². The van der Waals surface area contributed by atoms with E-state index >= 15 is 0 Å². The predicted octanol–water partition coefficient (Wildman–Crippen LogP) is 4.60. The number of aryl methyl sites for hydroxylation is 2. The lowest BCUT2D eigenvalue weighted by molar-refractivity contribution is 0.0785. The van der Waals surface area contributed by atoms with Crippen LogP contribution in [0.5, 0.6) is 5.75 Å². The summed E-state index contributed by atoms with van der Waals surface area (Å²) in [6.07, 6.45) is 0.166. The van der Waals surface area contributed by atoms with Gasteiger partial charge in [-0.05, 0) is 67.9 Å². The molecule has 0 saturated carbocycles. The number of hydrogen-bond acceptors (Lipinski definition) is 3. The van der Waals surface area contributed by atoms with E-state index in [1.165, 1.54) is 0 Å². The fourth-order valence-corrected chi connectivity index (χ4v) is 3.22. The van der Waals surface area contributed by atoms with Gasteiger partial charge < -0.3 is 9.26 Å². The van der Waals surface area contributed by atoms with Crippen molar-refractivity contribution in [3.8, 4) is 5.75 Å². The third-order valence-electron chi connectivity index (χ3n) is 3.86. The summed E-state index contributed by atoms with van der Waals surface area (Å²) in [5.41, 5.74) is 2.77. The van der Waals surface area contributed by atoms with E-state index in [4.69, 9.17) is 9.26 Å². The normalized spacial score (nSPS) is 12.5. The molecule has 0 aromatic heterocycles. The molecule has 0 amide bonds. The molecule has 4 heteroatoms. The highest BCUT2D eigenvalue weighted by atomic mass is 31.1. The Morgan fingerprint density at radius 3 is 2.21 bits per heavy atom. The van der Waals surface area contributed by atoms with Gasteiger partial charge in [-0.2, -0.15) is 0 Å². The molecule has 128 valence electrons. The molecule has 0 bridgehead atoms. The Kier molecular flexibility index (Phi) is 6.96. The zero-order chi connectivity index (χ0) is 17.5. The van der Waals surface area contributed by atoms with Crippen molar-refractivity contribution < 1.29 is 14.1 Å². The Balaban J connectivity index is 2.13. The second-order valence-corrected chi connectivity index (χ2v) is 6.78. The predicted molar refractivity (Wildman–Crippen MR) is 101 cm³/mol. The van der Waals surface area contributed by atoms with Gasteiger partial charge in [-0.25, -0.2) is 0 Å². The lowest BCUT2D eigenvalue weighted by Gasteiger charge is -2.19. The molecule has 2 atom stereocenters. The van der Waals surface area contributed by atoms with Crippen LogP contribution in [0.1, 0.15) is 41.8 Å². The van der Waals surface area contributed by atoms with E-state index in [2.05, 4.69) is 0 Å². The van der Waals surface area contributed by atoms with Crippen molar-refractivity contribution in [3.05, 3.63) is 59.2 Å². The summed E-state index contributed by atoms with van der Waals surface area (Å²) in [5.74, 6) is 0.764. The molecule has 2 unspecified atom stereocenters. The van der Waals surface area contributed by atoms with Gasteiger partial charge in [0.25, 0.3) is 0 Å². The molecule has 0 heterocycles. The van der Waals surface area contributed by atoms with Gasteiger partial charge in [-0.3, -0.25) is 4.79 Å². The molecule has 0 saturated heterocycles. The molecule has 0 aliphatic carbocycles. The molecular formula is C20H25O3P. The van der Waals surface area contributed by atoms with E-state index in [0.717, 1.165) is 22.0 Å². The maximum atomic E-state index is 12.9. The van der Waals surface area contributed by atoms with Gasteiger partial charge >= 0.3 is 0 Å². The van der Waals surface area contributed by atoms with Crippen molar-refractivity contribution in [1.82, 2.24) is 0 Å². The van der Waals surface area contributed by atoms with Gasteiger partial charge in [0.05, 0.1) is 0 Å². The zero-order valence-electron chi connectivity index (χ0n) is 14.8. The molecule has 2 aromatic rings. The van der Waals surface area contributed by atoms with Gasteiger partial charge in [0.2, 0.25) is 5.78 Å². The Labute approximate surface area is 146 Å². The SMILES string of the molecule is CCOPc1ccc(OC(CC)C(=O)c2c(C)cccc2C)cc1. The highest BCUT2D eigenvalue weighted by Crippen LogP contribution is 2.21. The van der Waals surface area contributed by atoms with Gasteiger partial charge in [0, 0.05) is 21.0 Å². The Hall–Kier alpha value is -1.70. The second kappa shape index (κ2) is 8.96. The van der Waals surface area contributed by atoms with Crippen LogP contribution >= 0.6 is 8.81 Å². The quantitative estimate of drug-likeness (QED) is 0.519. The molecule has 0 radical (unpaired) electrons. The van der Waals surface area contributed by atoms with Crippen LogP contribution in [0.25, 0.3) is 0 Å². The molecule has 0 fully saturated rings. The first-order chi connectivity index (χ1) is 11.6. The summed E-state index contributed by atoms with van der Waals surface area (Å²) in [6, 6.07) is 13.7.